The van der Waals surface area contributed by atoms with E-state index in [4.69, 9.17) is 32.5 Å². The van der Waals surface area contributed by atoms with Crippen molar-refractivity contribution in [2.24, 2.45) is 0 Å². The lowest BCUT2D eigenvalue weighted by Crippen LogP contribution is -2.21. The first kappa shape index (κ1) is 19.9. The summed E-state index contributed by atoms with van der Waals surface area (Å²) in [5.41, 5.74) is 0.160. The number of nitrogens with one attached hydrogen (secondary N) is 1. The SMILES string of the molecule is Cc1onc(-c2c(F)cccc2Cl)c1C(=O)OCC(=O)Nc1cccc(Cl)c1. The van der Waals surface area contributed by atoms with Crippen LogP contribution in [0.2, 0.25) is 10.0 Å². The van der Waals surface area contributed by atoms with Crippen molar-refractivity contribution < 1.29 is 23.2 Å². The molecule has 144 valence electrons. The van der Waals surface area contributed by atoms with Crippen LogP contribution in [0.1, 0.15) is 16.1 Å². The number of carbonyl (C=O) groups excluding carboxylic acids is 2. The Morgan fingerprint density at radius 1 is 1.21 bits per heavy atom. The number of halogens is 3. The summed E-state index contributed by atoms with van der Waals surface area (Å²) in [4.78, 5) is 24.5. The first-order valence-electron chi connectivity index (χ1n) is 8.00. The van der Waals surface area contributed by atoms with Gasteiger partial charge in [0.15, 0.2) is 6.61 Å². The third-order valence-electron chi connectivity index (χ3n) is 3.71. The standard InChI is InChI=1S/C19H13Cl2FN2O4/c1-10-16(18(24-28-10)17-13(21)6-3-7-14(17)22)19(26)27-9-15(25)23-12-5-2-4-11(20)8-12/h2-8H,9H2,1H3,(H,23,25). The summed E-state index contributed by atoms with van der Waals surface area (Å²) in [5, 5.41) is 6.76. The fraction of sp³-hybridized carbons (Fsp3) is 0.105. The average molecular weight is 423 g/mol. The maximum absolute atomic E-state index is 14.2. The molecule has 0 saturated heterocycles. The van der Waals surface area contributed by atoms with Crippen molar-refractivity contribution in [1.82, 2.24) is 5.16 Å². The van der Waals surface area contributed by atoms with Gasteiger partial charge in [0.25, 0.3) is 5.91 Å². The maximum atomic E-state index is 14.2. The number of rotatable bonds is 5. The van der Waals surface area contributed by atoms with Crippen LogP contribution >= 0.6 is 23.2 Å². The van der Waals surface area contributed by atoms with E-state index >= 15 is 0 Å². The largest absolute Gasteiger partial charge is 0.452 e. The van der Waals surface area contributed by atoms with Crippen molar-refractivity contribution in [3.8, 4) is 11.3 Å². The van der Waals surface area contributed by atoms with Gasteiger partial charge in [-0.05, 0) is 37.3 Å². The van der Waals surface area contributed by atoms with Crippen molar-refractivity contribution in [1.29, 1.82) is 0 Å². The quantitative estimate of drug-likeness (QED) is 0.591. The smallest absolute Gasteiger partial charge is 0.344 e. The molecule has 3 aromatic rings. The highest BCUT2D eigenvalue weighted by Crippen LogP contribution is 2.33. The van der Waals surface area contributed by atoms with Crippen molar-refractivity contribution in [3.63, 3.8) is 0 Å². The normalized spacial score (nSPS) is 10.6. The molecule has 1 aromatic heterocycles. The molecule has 28 heavy (non-hydrogen) atoms. The molecule has 9 heteroatoms. The van der Waals surface area contributed by atoms with E-state index in [0.29, 0.717) is 10.7 Å². The van der Waals surface area contributed by atoms with Gasteiger partial charge in [-0.1, -0.05) is 40.5 Å². The third-order valence-corrected chi connectivity index (χ3v) is 4.26. The summed E-state index contributed by atoms with van der Waals surface area (Å²) < 4.78 is 24.2. The Kier molecular flexibility index (Phi) is 5.96. The highest BCUT2D eigenvalue weighted by molar-refractivity contribution is 6.33. The summed E-state index contributed by atoms with van der Waals surface area (Å²) in [5.74, 6) is -2.03. The highest BCUT2D eigenvalue weighted by atomic mass is 35.5. The van der Waals surface area contributed by atoms with Gasteiger partial charge in [-0.3, -0.25) is 4.79 Å². The molecule has 0 fully saturated rings. The number of benzene rings is 2. The molecule has 6 nitrogen and oxygen atoms in total. The molecule has 1 heterocycles. The number of nitrogens with zero attached hydrogens (tertiary/aromatic N) is 1. The lowest BCUT2D eigenvalue weighted by molar-refractivity contribution is -0.119. The van der Waals surface area contributed by atoms with Crippen LogP contribution < -0.4 is 5.32 Å². The predicted octanol–water partition coefficient (Wildman–Crippen LogP) is 4.89. The Morgan fingerprint density at radius 3 is 2.68 bits per heavy atom. The Hall–Kier alpha value is -2.90. The van der Waals surface area contributed by atoms with Crippen LogP contribution in [0.3, 0.4) is 0 Å². The van der Waals surface area contributed by atoms with E-state index in [1.165, 1.54) is 25.1 Å². The number of hydrogen-bond donors (Lipinski definition) is 1. The maximum Gasteiger partial charge on any atom is 0.344 e. The molecule has 0 saturated carbocycles. The minimum atomic E-state index is -0.894. The lowest BCUT2D eigenvalue weighted by atomic mass is 10.1. The fourth-order valence-electron chi connectivity index (χ4n) is 2.47. The molecule has 0 unspecified atom stereocenters. The van der Waals surface area contributed by atoms with Crippen LogP contribution in [0, 0.1) is 12.7 Å². The minimum Gasteiger partial charge on any atom is -0.452 e. The van der Waals surface area contributed by atoms with Crippen LogP contribution in [-0.4, -0.2) is 23.6 Å². The molecule has 1 amide bonds. The third kappa shape index (κ3) is 4.32. The Balaban J connectivity index is 1.75. The number of aryl methyl sites for hydroxylation is 1. The minimum absolute atomic E-state index is 0.0565. The van der Waals surface area contributed by atoms with Crippen LogP contribution in [0.15, 0.2) is 47.0 Å². The van der Waals surface area contributed by atoms with Crippen LogP contribution in [-0.2, 0) is 9.53 Å². The van der Waals surface area contributed by atoms with Crippen molar-refractivity contribution in [2.75, 3.05) is 11.9 Å². The van der Waals surface area contributed by atoms with E-state index < -0.39 is 24.3 Å². The van der Waals surface area contributed by atoms with Crippen LogP contribution in [0.5, 0.6) is 0 Å². The zero-order valence-corrected chi connectivity index (χ0v) is 16.0. The predicted molar refractivity (Wildman–Crippen MR) is 102 cm³/mol. The van der Waals surface area contributed by atoms with Gasteiger partial charge in [-0.25, -0.2) is 9.18 Å². The highest BCUT2D eigenvalue weighted by Gasteiger charge is 2.27. The first-order chi connectivity index (χ1) is 13.4. The second-order valence-corrected chi connectivity index (χ2v) is 6.54. The number of esters is 1. The summed E-state index contributed by atoms with van der Waals surface area (Å²) in [7, 11) is 0. The molecule has 0 radical (unpaired) electrons. The van der Waals surface area contributed by atoms with Crippen molar-refractivity contribution >= 4 is 40.8 Å². The zero-order chi connectivity index (χ0) is 20.3. The average Bonchev–Trinajstić information content (AvgIpc) is 3.01. The topological polar surface area (TPSA) is 81.4 Å². The molecule has 3 rings (SSSR count). The number of ether oxygens (including phenoxy) is 1. The number of hydrogen-bond acceptors (Lipinski definition) is 5. The number of amides is 1. The van der Waals surface area contributed by atoms with E-state index in [0.717, 1.165) is 0 Å². The van der Waals surface area contributed by atoms with Gasteiger partial charge >= 0.3 is 5.97 Å². The van der Waals surface area contributed by atoms with Gasteiger partial charge in [-0.2, -0.15) is 0 Å². The van der Waals surface area contributed by atoms with Crippen LogP contribution in [0.4, 0.5) is 10.1 Å². The summed E-state index contributed by atoms with van der Waals surface area (Å²) in [6, 6.07) is 10.6. The van der Waals surface area contributed by atoms with Gasteiger partial charge in [0, 0.05) is 10.7 Å². The van der Waals surface area contributed by atoms with Crippen LogP contribution in [0.25, 0.3) is 11.3 Å². The van der Waals surface area contributed by atoms with Crippen molar-refractivity contribution in [2.45, 2.75) is 6.92 Å². The van der Waals surface area contributed by atoms with E-state index in [9.17, 15) is 14.0 Å². The zero-order valence-electron chi connectivity index (χ0n) is 14.5. The Labute approximate surface area is 169 Å². The molecule has 0 bridgehead atoms. The Bertz CT molecular complexity index is 1030. The Morgan fingerprint density at radius 2 is 1.96 bits per heavy atom. The summed E-state index contributed by atoms with van der Waals surface area (Å²) in [6.45, 7) is 0.897. The summed E-state index contributed by atoms with van der Waals surface area (Å²) >= 11 is 11.9. The molecular weight excluding hydrogens is 410 g/mol. The number of anilines is 1. The molecule has 0 aliphatic carbocycles. The molecule has 0 spiro atoms. The fourth-order valence-corrected chi connectivity index (χ4v) is 2.92. The van der Waals surface area contributed by atoms with Crippen molar-refractivity contribution in [3.05, 3.63) is 69.7 Å². The number of carbonyl (C=O) groups is 2. The van der Waals surface area contributed by atoms with Gasteiger partial charge in [0.2, 0.25) is 0 Å². The summed E-state index contributed by atoms with van der Waals surface area (Å²) in [6.07, 6.45) is 0. The van der Waals surface area contributed by atoms with Gasteiger partial charge in [0.1, 0.15) is 22.8 Å². The van der Waals surface area contributed by atoms with E-state index in [1.54, 1.807) is 24.3 Å². The molecular formula is C19H13Cl2FN2O4. The van der Waals surface area contributed by atoms with Gasteiger partial charge < -0.3 is 14.6 Å². The second-order valence-electron chi connectivity index (χ2n) is 5.69. The second kappa shape index (κ2) is 8.41. The first-order valence-corrected chi connectivity index (χ1v) is 8.75. The molecule has 2 aromatic carbocycles. The number of aromatic nitrogens is 1. The molecule has 1 N–H and O–H groups in total. The molecule has 0 atom stereocenters. The van der Waals surface area contributed by atoms with Gasteiger partial charge in [0.05, 0.1) is 10.6 Å². The van der Waals surface area contributed by atoms with E-state index in [-0.39, 0.29) is 27.6 Å². The van der Waals surface area contributed by atoms with E-state index in [1.807, 2.05) is 0 Å². The molecule has 0 aliphatic heterocycles. The monoisotopic (exact) mass is 422 g/mol. The molecule has 0 aliphatic rings. The lowest BCUT2D eigenvalue weighted by Gasteiger charge is -2.08. The van der Waals surface area contributed by atoms with Gasteiger partial charge in [-0.15, -0.1) is 0 Å². The van der Waals surface area contributed by atoms with E-state index in [2.05, 4.69) is 10.5 Å².